The zero-order valence-electron chi connectivity index (χ0n) is 17.0. The summed E-state index contributed by atoms with van der Waals surface area (Å²) in [6.45, 7) is 6.21. The lowest BCUT2D eigenvalue weighted by Gasteiger charge is -2.18. The first-order chi connectivity index (χ1) is 13.8. The highest BCUT2D eigenvalue weighted by Crippen LogP contribution is 2.33. The number of aromatic nitrogens is 5. The quantitative estimate of drug-likeness (QED) is 0.568. The van der Waals surface area contributed by atoms with E-state index in [9.17, 15) is 5.11 Å². The van der Waals surface area contributed by atoms with Crippen molar-refractivity contribution in [2.75, 3.05) is 14.2 Å². The highest BCUT2D eigenvalue weighted by Gasteiger charge is 2.18. The molecule has 0 spiro atoms. The summed E-state index contributed by atoms with van der Waals surface area (Å²) < 4.78 is 14.1. The zero-order chi connectivity index (χ0) is 20.8. The molecule has 4 aromatic heterocycles. The van der Waals surface area contributed by atoms with Gasteiger partial charge in [0, 0.05) is 24.2 Å². The van der Waals surface area contributed by atoms with E-state index in [4.69, 9.17) is 14.5 Å². The molecule has 29 heavy (non-hydrogen) atoms. The van der Waals surface area contributed by atoms with E-state index in [0.717, 1.165) is 11.3 Å². The van der Waals surface area contributed by atoms with Crippen LogP contribution in [0.25, 0.3) is 27.8 Å². The summed E-state index contributed by atoms with van der Waals surface area (Å²) in [4.78, 5) is 8.96. The molecule has 0 amide bonds. The minimum Gasteiger partial charge on any atom is -0.494 e. The molecule has 0 saturated carbocycles. The van der Waals surface area contributed by atoms with Crippen molar-refractivity contribution in [2.45, 2.75) is 26.3 Å². The van der Waals surface area contributed by atoms with Gasteiger partial charge in [0.2, 0.25) is 5.88 Å². The lowest BCUT2D eigenvalue weighted by atomic mass is 10.1. The fraction of sp³-hybridized carbons (Fsp3) is 0.286. The van der Waals surface area contributed by atoms with Gasteiger partial charge in [-0.1, -0.05) is 0 Å². The molecule has 0 bridgehead atoms. The summed E-state index contributed by atoms with van der Waals surface area (Å²) in [5, 5.41) is 15.8. The van der Waals surface area contributed by atoms with Gasteiger partial charge in [0.1, 0.15) is 0 Å². The van der Waals surface area contributed by atoms with Gasteiger partial charge in [0.05, 0.1) is 48.2 Å². The number of methoxy groups -OCH3 is 2. The molecule has 4 aromatic rings. The fourth-order valence-corrected chi connectivity index (χ4v) is 3.11. The molecule has 0 unspecified atom stereocenters. The Kier molecular flexibility index (Phi) is 4.41. The van der Waals surface area contributed by atoms with Crippen molar-refractivity contribution in [1.82, 2.24) is 24.3 Å². The molecule has 0 radical (unpaired) electrons. The third-order valence-electron chi connectivity index (χ3n) is 4.71. The Labute approximate surface area is 168 Å². The van der Waals surface area contributed by atoms with E-state index >= 15 is 0 Å². The van der Waals surface area contributed by atoms with Gasteiger partial charge in [-0.3, -0.25) is 9.25 Å². The van der Waals surface area contributed by atoms with Crippen LogP contribution in [0.15, 0.2) is 43.0 Å². The molecule has 0 fully saturated rings. The lowest BCUT2D eigenvalue weighted by Crippen LogP contribution is -2.21. The average Bonchev–Trinajstić information content (AvgIpc) is 3.32. The number of hydrogen-bond acceptors (Lipinski definition) is 6. The van der Waals surface area contributed by atoms with Crippen molar-refractivity contribution in [3.05, 3.63) is 43.0 Å². The topological polar surface area (TPSA) is 87.2 Å². The van der Waals surface area contributed by atoms with Crippen LogP contribution in [0.3, 0.4) is 0 Å². The molecule has 0 saturated heterocycles. The van der Waals surface area contributed by atoms with Gasteiger partial charge >= 0.3 is 0 Å². The number of rotatable bonds is 4. The SMILES string of the molecule is COc1cc(-c2ccc3c(O)n(-c4cnn(C(C)(C)C)c4)cc3n2)cnc1OC. The third kappa shape index (κ3) is 3.26. The van der Waals surface area contributed by atoms with Gasteiger partial charge in [0.25, 0.3) is 5.88 Å². The average molecular weight is 393 g/mol. The maximum absolute atomic E-state index is 10.7. The first kappa shape index (κ1) is 18.8. The summed E-state index contributed by atoms with van der Waals surface area (Å²) in [6, 6.07) is 5.51. The summed E-state index contributed by atoms with van der Waals surface area (Å²) in [6.07, 6.45) is 7.10. The lowest BCUT2D eigenvalue weighted by molar-refractivity contribution is 0.343. The van der Waals surface area contributed by atoms with E-state index in [0.29, 0.717) is 28.2 Å². The largest absolute Gasteiger partial charge is 0.494 e. The van der Waals surface area contributed by atoms with E-state index in [1.165, 1.54) is 0 Å². The second-order valence-electron chi connectivity index (χ2n) is 7.70. The molecule has 4 rings (SSSR count). The molecule has 0 aliphatic heterocycles. The van der Waals surface area contributed by atoms with E-state index < -0.39 is 0 Å². The van der Waals surface area contributed by atoms with Crippen LogP contribution in [0.1, 0.15) is 20.8 Å². The molecule has 0 aliphatic carbocycles. The number of fused-ring (bicyclic) bond motifs is 1. The second kappa shape index (κ2) is 6.80. The first-order valence-electron chi connectivity index (χ1n) is 9.17. The number of ether oxygens (including phenoxy) is 2. The Hall–Kier alpha value is -3.55. The minimum absolute atomic E-state index is 0.123. The number of pyridine rings is 2. The van der Waals surface area contributed by atoms with Crippen LogP contribution in [0.2, 0.25) is 0 Å². The van der Waals surface area contributed by atoms with E-state index in [1.807, 2.05) is 29.1 Å². The van der Waals surface area contributed by atoms with Crippen LogP contribution in [0.5, 0.6) is 17.5 Å². The van der Waals surface area contributed by atoms with Crippen LogP contribution < -0.4 is 9.47 Å². The predicted octanol–water partition coefficient (Wildman–Crippen LogP) is 3.76. The van der Waals surface area contributed by atoms with Gasteiger partial charge in [-0.15, -0.1) is 0 Å². The van der Waals surface area contributed by atoms with Crippen molar-refractivity contribution in [1.29, 1.82) is 0 Å². The van der Waals surface area contributed by atoms with E-state index in [1.54, 1.807) is 37.4 Å². The molecule has 4 heterocycles. The summed E-state index contributed by atoms with van der Waals surface area (Å²) in [5.74, 6) is 1.07. The van der Waals surface area contributed by atoms with Crippen LogP contribution in [-0.2, 0) is 5.54 Å². The molecule has 8 heteroatoms. The van der Waals surface area contributed by atoms with E-state index in [2.05, 4.69) is 30.9 Å². The zero-order valence-corrected chi connectivity index (χ0v) is 17.0. The van der Waals surface area contributed by atoms with Crippen LogP contribution in [0.4, 0.5) is 0 Å². The number of aromatic hydroxyl groups is 1. The number of hydrogen-bond donors (Lipinski definition) is 1. The van der Waals surface area contributed by atoms with Gasteiger partial charge < -0.3 is 14.6 Å². The van der Waals surface area contributed by atoms with Gasteiger partial charge in [-0.05, 0) is 39.0 Å². The first-order valence-corrected chi connectivity index (χ1v) is 9.17. The van der Waals surface area contributed by atoms with Gasteiger partial charge in [-0.2, -0.15) is 5.10 Å². The van der Waals surface area contributed by atoms with Gasteiger partial charge in [0.15, 0.2) is 5.75 Å². The summed E-state index contributed by atoms with van der Waals surface area (Å²) >= 11 is 0. The van der Waals surface area contributed by atoms with Crippen LogP contribution in [-0.4, -0.2) is 43.6 Å². The Balaban J connectivity index is 1.77. The van der Waals surface area contributed by atoms with Crippen molar-refractivity contribution in [3.63, 3.8) is 0 Å². The fourth-order valence-electron chi connectivity index (χ4n) is 3.11. The minimum atomic E-state index is -0.147. The molecule has 1 N–H and O–H groups in total. The summed E-state index contributed by atoms with van der Waals surface area (Å²) in [7, 11) is 3.11. The Morgan fingerprint density at radius 2 is 1.83 bits per heavy atom. The third-order valence-corrected chi connectivity index (χ3v) is 4.71. The molecule has 0 atom stereocenters. The van der Waals surface area contributed by atoms with Crippen molar-refractivity contribution >= 4 is 10.9 Å². The van der Waals surface area contributed by atoms with Crippen molar-refractivity contribution < 1.29 is 14.6 Å². The maximum atomic E-state index is 10.7. The predicted molar refractivity (Wildman–Crippen MR) is 110 cm³/mol. The smallest absolute Gasteiger partial charge is 0.256 e. The van der Waals surface area contributed by atoms with E-state index in [-0.39, 0.29) is 11.4 Å². The molecule has 0 aliphatic rings. The molecular weight excluding hydrogens is 370 g/mol. The maximum Gasteiger partial charge on any atom is 0.256 e. The standard InChI is InChI=1S/C21H23N5O3/c1-21(2,3)26-11-14(10-23-26)25-12-17-15(20(25)27)6-7-16(24-17)13-8-18(28-4)19(29-5)22-9-13/h6-12,27H,1-5H3. The Morgan fingerprint density at radius 3 is 2.48 bits per heavy atom. The second-order valence-corrected chi connectivity index (χ2v) is 7.70. The van der Waals surface area contributed by atoms with Crippen LogP contribution in [0, 0.1) is 0 Å². The van der Waals surface area contributed by atoms with Crippen LogP contribution >= 0.6 is 0 Å². The van der Waals surface area contributed by atoms with Crippen molar-refractivity contribution in [3.8, 4) is 34.5 Å². The Morgan fingerprint density at radius 1 is 1.03 bits per heavy atom. The van der Waals surface area contributed by atoms with Crippen molar-refractivity contribution in [2.24, 2.45) is 0 Å². The monoisotopic (exact) mass is 393 g/mol. The molecule has 8 nitrogen and oxygen atoms in total. The number of nitrogens with zero attached hydrogens (tertiary/aromatic N) is 5. The highest BCUT2D eigenvalue weighted by molar-refractivity contribution is 5.87. The molecular formula is C21H23N5O3. The Bertz CT molecular complexity index is 1190. The van der Waals surface area contributed by atoms with Gasteiger partial charge in [-0.25, -0.2) is 9.97 Å². The highest BCUT2D eigenvalue weighted by atomic mass is 16.5. The molecule has 150 valence electrons. The molecule has 0 aromatic carbocycles. The normalized spacial score (nSPS) is 11.8. The summed E-state index contributed by atoms with van der Waals surface area (Å²) in [5.41, 5.74) is 2.79.